The van der Waals surface area contributed by atoms with Gasteiger partial charge in [0.25, 0.3) is 10.1 Å². The molecule has 0 aliphatic heterocycles. The molecule has 0 spiro atoms. The van der Waals surface area contributed by atoms with Gasteiger partial charge < -0.3 is 24.2 Å². The predicted octanol–water partition coefficient (Wildman–Crippen LogP) is 8.53. The number of aromatic hydroxyl groups is 1. The Balaban J connectivity index is 0.000000347. The Bertz CT molecular complexity index is 1740. The Hall–Kier alpha value is -2.84. The van der Waals surface area contributed by atoms with Gasteiger partial charge in [0.15, 0.2) is 11.5 Å². The molecule has 0 saturated heterocycles. The maximum Gasteiger partial charge on any atom is 2.00 e. The standard InChI is InChI=1S/2C19H24O5S.Ca/c2*1-2-3-4-5-6-10-15-17(13-9-14-19(15)25(21,22)23)24-18-12-8-7-11-16(18)20;/h2*7-9,11-14,20H,2-6,10H2,1H3,(H,21,22,23);/q;;+2/p-2. The van der Waals surface area contributed by atoms with Gasteiger partial charge in [0.05, 0.1) is 4.90 Å². The molecule has 0 radical (unpaired) electrons. The van der Waals surface area contributed by atoms with Crippen LogP contribution in [-0.2, 0) is 33.1 Å². The van der Waals surface area contributed by atoms with E-state index < -0.39 is 20.2 Å². The topological polar surface area (TPSA) is 173 Å². The summed E-state index contributed by atoms with van der Waals surface area (Å²) in [4.78, 5) is -0.417. The molecule has 0 unspecified atom stereocenters. The van der Waals surface area contributed by atoms with Gasteiger partial charge in [0.1, 0.15) is 32.3 Å². The molecule has 4 rings (SSSR count). The maximum atomic E-state index is 11.8. The van der Waals surface area contributed by atoms with Crippen molar-refractivity contribution in [3.05, 3.63) is 96.1 Å². The molecule has 0 saturated carbocycles. The van der Waals surface area contributed by atoms with Crippen LogP contribution >= 0.6 is 0 Å². The van der Waals surface area contributed by atoms with E-state index in [1.807, 2.05) is 0 Å². The van der Waals surface area contributed by atoms with Gasteiger partial charge >= 0.3 is 37.7 Å². The molecule has 13 heteroatoms. The second-order valence-electron chi connectivity index (χ2n) is 11.8. The van der Waals surface area contributed by atoms with Crippen molar-refractivity contribution in [3.63, 3.8) is 0 Å². The van der Waals surface area contributed by atoms with Gasteiger partial charge in [0, 0.05) is 11.1 Å². The number of hydrogen-bond donors (Lipinski definition) is 2. The summed E-state index contributed by atoms with van der Waals surface area (Å²) in [6.45, 7) is 4.25. The van der Waals surface area contributed by atoms with E-state index in [1.165, 1.54) is 42.5 Å². The zero-order valence-electron chi connectivity index (χ0n) is 29.3. The first-order valence-electron chi connectivity index (χ1n) is 16.9. The van der Waals surface area contributed by atoms with Crippen LogP contribution in [0.3, 0.4) is 0 Å². The average molecular weight is 767 g/mol. The summed E-state index contributed by atoms with van der Waals surface area (Å²) in [6, 6.07) is 21.5. The minimum atomic E-state index is -4.61. The Labute approximate surface area is 332 Å². The van der Waals surface area contributed by atoms with Crippen LogP contribution in [0.15, 0.2) is 94.7 Å². The molecule has 2 N–H and O–H groups in total. The maximum absolute atomic E-state index is 11.8. The van der Waals surface area contributed by atoms with Crippen molar-refractivity contribution in [1.29, 1.82) is 0 Å². The predicted molar refractivity (Wildman–Crippen MR) is 195 cm³/mol. The molecule has 0 aromatic heterocycles. The van der Waals surface area contributed by atoms with Crippen LogP contribution < -0.4 is 14.6 Å². The number of rotatable bonds is 18. The number of benzene rings is 4. The zero-order chi connectivity index (χ0) is 36.6. The van der Waals surface area contributed by atoms with Gasteiger partial charge in [-0.25, -0.2) is 8.42 Å². The van der Waals surface area contributed by atoms with E-state index in [0.717, 1.165) is 64.2 Å². The van der Waals surface area contributed by atoms with Gasteiger partial charge in [-0.1, -0.05) is 113 Å². The van der Waals surface area contributed by atoms with Crippen LogP contribution in [0.25, 0.3) is 0 Å². The molecule has 10 nitrogen and oxygen atoms in total. The number of para-hydroxylation sites is 4. The van der Waals surface area contributed by atoms with Crippen LogP contribution in [-0.4, -0.2) is 68.8 Å². The first-order valence-corrected chi connectivity index (χ1v) is 19.8. The Morgan fingerprint density at radius 3 is 1.49 bits per heavy atom. The van der Waals surface area contributed by atoms with E-state index in [-0.39, 0.29) is 76.3 Å². The molecule has 4 aromatic rings. The molecular formula is C38H46CaO10S2. The van der Waals surface area contributed by atoms with Gasteiger partial charge in [-0.05, 0) is 68.1 Å². The second kappa shape index (κ2) is 22.3. The first kappa shape index (κ1) is 44.3. The van der Waals surface area contributed by atoms with Crippen LogP contribution in [0.1, 0.15) is 89.2 Å². The van der Waals surface area contributed by atoms with Crippen LogP contribution in [0, 0.1) is 0 Å². The molecular weight excluding hydrogens is 721 g/mol. The molecule has 0 amide bonds. The first-order chi connectivity index (χ1) is 23.9. The third-order valence-corrected chi connectivity index (χ3v) is 9.80. The molecule has 4 aromatic carbocycles. The largest absolute Gasteiger partial charge is 2.00 e. The molecule has 0 bridgehead atoms. The fraction of sp³-hybridized carbons (Fsp3) is 0.368. The van der Waals surface area contributed by atoms with Crippen molar-refractivity contribution in [2.24, 2.45) is 0 Å². The van der Waals surface area contributed by atoms with Crippen LogP contribution in [0.2, 0.25) is 0 Å². The Morgan fingerprint density at radius 2 is 1.00 bits per heavy atom. The number of unbranched alkanes of at least 4 members (excludes halogenated alkanes) is 8. The van der Waals surface area contributed by atoms with E-state index in [1.54, 1.807) is 42.5 Å². The van der Waals surface area contributed by atoms with E-state index in [2.05, 4.69) is 13.8 Å². The van der Waals surface area contributed by atoms with E-state index in [9.17, 15) is 36.2 Å². The monoisotopic (exact) mass is 766 g/mol. The third kappa shape index (κ3) is 14.6. The van der Waals surface area contributed by atoms with Crippen molar-refractivity contribution in [2.45, 2.75) is 101 Å². The van der Waals surface area contributed by atoms with Gasteiger partial charge in [-0.3, -0.25) is 4.55 Å². The summed E-state index contributed by atoms with van der Waals surface area (Å²) in [6.07, 6.45) is 11.0. The summed E-state index contributed by atoms with van der Waals surface area (Å²) >= 11 is 0. The van der Waals surface area contributed by atoms with Crippen molar-refractivity contribution in [2.75, 3.05) is 0 Å². The van der Waals surface area contributed by atoms with E-state index in [4.69, 9.17) is 9.47 Å². The molecule has 0 aliphatic rings. The molecule has 51 heavy (non-hydrogen) atoms. The second-order valence-corrected chi connectivity index (χ2v) is 14.6. The smallest absolute Gasteiger partial charge is 0.870 e. The van der Waals surface area contributed by atoms with Gasteiger partial charge in [-0.15, -0.1) is 0 Å². The molecule has 272 valence electrons. The Morgan fingerprint density at radius 1 is 0.569 bits per heavy atom. The minimum Gasteiger partial charge on any atom is -0.870 e. The zero-order valence-corrected chi connectivity index (χ0v) is 33.1. The molecule has 0 heterocycles. The number of phenols is 1. The average Bonchev–Trinajstić information content (AvgIpc) is 3.07. The fourth-order valence-corrected chi connectivity index (χ4v) is 6.89. The van der Waals surface area contributed by atoms with Crippen molar-refractivity contribution >= 4 is 58.0 Å². The van der Waals surface area contributed by atoms with Crippen molar-refractivity contribution in [1.82, 2.24) is 0 Å². The quantitative estimate of drug-likeness (QED) is 0.0568. The Kier molecular flexibility index (Phi) is 19.4. The summed E-state index contributed by atoms with van der Waals surface area (Å²) in [7, 11) is -8.96. The number of hydrogen-bond acceptors (Lipinski definition) is 9. The van der Waals surface area contributed by atoms with E-state index in [0.29, 0.717) is 29.7 Å². The summed E-state index contributed by atoms with van der Waals surface area (Å²) < 4.78 is 79.1. The van der Waals surface area contributed by atoms with Crippen LogP contribution in [0.4, 0.5) is 0 Å². The molecule has 0 fully saturated rings. The summed E-state index contributed by atoms with van der Waals surface area (Å²) in [5.41, 5.74) is 0.780. The number of phenolic OH excluding ortho intramolecular Hbond substituents is 1. The molecule has 0 atom stereocenters. The van der Waals surface area contributed by atoms with Crippen molar-refractivity contribution < 1.29 is 45.6 Å². The SMILES string of the molecule is CCCCCCCc1c(Oc2ccccc2O)cccc1S(=O)(=O)O.CCCCCCCc1c(Oc2ccccc2[O-])cccc1S(=O)(=O)[O-].[Ca+2]. The summed E-state index contributed by atoms with van der Waals surface area (Å²) in [5.74, 6) is 0.584. The number of ether oxygens (including phenoxy) is 2. The normalized spacial score (nSPS) is 11.2. The van der Waals surface area contributed by atoms with Gasteiger partial charge in [-0.2, -0.15) is 8.42 Å². The van der Waals surface area contributed by atoms with Gasteiger partial charge in [0.2, 0.25) is 0 Å². The summed E-state index contributed by atoms with van der Waals surface area (Å²) in [5, 5.41) is 21.7. The molecule has 0 aliphatic carbocycles. The third-order valence-electron chi connectivity index (χ3n) is 7.94. The van der Waals surface area contributed by atoms with Crippen LogP contribution in [0.5, 0.6) is 34.5 Å². The minimum absolute atomic E-state index is 0. The van der Waals surface area contributed by atoms with Crippen molar-refractivity contribution in [3.8, 4) is 34.5 Å². The van der Waals surface area contributed by atoms with E-state index >= 15 is 0 Å². The fourth-order valence-electron chi connectivity index (χ4n) is 5.38.